The number of ether oxygens (including phenoxy) is 1. The van der Waals surface area contributed by atoms with Gasteiger partial charge in [-0.3, -0.25) is 15.0 Å². The van der Waals surface area contributed by atoms with Crippen LogP contribution in [-0.2, 0) is 16.8 Å². The highest BCUT2D eigenvalue weighted by Gasteiger charge is 2.22. The van der Waals surface area contributed by atoms with Crippen molar-refractivity contribution in [3.8, 4) is 11.4 Å². The molecule has 0 atom stereocenters. The molecule has 7 rings (SSSR count). The Kier molecular flexibility index (Phi) is 13.3. The van der Waals surface area contributed by atoms with E-state index in [9.17, 15) is 9.59 Å². The second-order valence-electron chi connectivity index (χ2n) is 15.7. The zero-order valence-electron chi connectivity index (χ0n) is 33.6. The molecule has 4 N–H and O–H groups in total. The van der Waals surface area contributed by atoms with E-state index in [4.69, 9.17) is 9.84 Å². The zero-order chi connectivity index (χ0) is 39.7. The lowest BCUT2D eigenvalue weighted by Crippen LogP contribution is -2.47. The van der Waals surface area contributed by atoms with Gasteiger partial charge >= 0.3 is 6.03 Å². The minimum absolute atomic E-state index is 0.0810. The fraction of sp³-hybridized carbons (Fsp3) is 0.395. The van der Waals surface area contributed by atoms with Crippen molar-refractivity contribution < 1.29 is 14.3 Å². The van der Waals surface area contributed by atoms with Gasteiger partial charge in [0.2, 0.25) is 5.91 Å². The van der Waals surface area contributed by atoms with E-state index in [1.807, 2.05) is 85.8 Å². The summed E-state index contributed by atoms with van der Waals surface area (Å²) in [4.78, 5) is 37.2. The molecular weight excluding hydrogens is 705 g/mol. The van der Waals surface area contributed by atoms with E-state index in [2.05, 4.69) is 75.8 Å². The SMILES string of the molecule is CN1CCNCC1.Cc1ccc(-n2nc(C(C)(C)C)cc2NC(=O)Nc2ccc(OCc3ccnc(NC(=O)CN4CCN(C)CC4)c3)c3ccccc23)cc1. The van der Waals surface area contributed by atoms with Gasteiger partial charge in [0.1, 0.15) is 24.0 Å². The number of pyridine rings is 1. The summed E-state index contributed by atoms with van der Waals surface area (Å²) in [5, 5.41) is 18.8. The second kappa shape index (κ2) is 18.5. The number of hydrogen-bond donors (Lipinski definition) is 4. The third-order valence-electron chi connectivity index (χ3n) is 9.92. The van der Waals surface area contributed by atoms with Crippen molar-refractivity contribution in [3.05, 3.63) is 102 Å². The molecule has 0 aliphatic carbocycles. The highest BCUT2D eigenvalue weighted by Crippen LogP contribution is 2.33. The smallest absolute Gasteiger partial charge is 0.324 e. The van der Waals surface area contributed by atoms with Gasteiger partial charge in [0, 0.05) is 80.8 Å². The fourth-order valence-electron chi connectivity index (χ4n) is 6.46. The predicted octanol–water partition coefficient (Wildman–Crippen LogP) is 5.96. The van der Waals surface area contributed by atoms with Gasteiger partial charge in [0.15, 0.2) is 0 Å². The molecule has 0 saturated carbocycles. The molecule has 2 aromatic heterocycles. The van der Waals surface area contributed by atoms with Gasteiger partial charge in [-0.25, -0.2) is 14.5 Å². The molecule has 2 saturated heterocycles. The number of fused-ring (bicyclic) bond motifs is 1. The number of anilines is 3. The van der Waals surface area contributed by atoms with Crippen LogP contribution >= 0.6 is 0 Å². The number of carbonyl (C=O) groups excluding carboxylic acids is 2. The van der Waals surface area contributed by atoms with Crippen LogP contribution in [0.2, 0.25) is 0 Å². The van der Waals surface area contributed by atoms with Crippen LogP contribution in [0.4, 0.5) is 22.1 Å². The molecule has 0 radical (unpaired) electrons. The molecule has 2 aliphatic rings. The van der Waals surface area contributed by atoms with E-state index in [1.54, 1.807) is 10.9 Å². The Morgan fingerprint density at radius 3 is 2.18 bits per heavy atom. The summed E-state index contributed by atoms with van der Waals surface area (Å²) >= 11 is 0. The molecule has 5 aromatic rings. The Morgan fingerprint density at radius 2 is 1.50 bits per heavy atom. The van der Waals surface area contributed by atoms with Crippen LogP contribution in [0.3, 0.4) is 0 Å². The number of likely N-dealkylation sites (N-methyl/N-ethyl adjacent to an activating group) is 2. The maximum Gasteiger partial charge on any atom is 0.324 e. The van der Waals surface area contributed by atoms with E-state index in [0.717, 1.165) is 72.5 Å². The van der Waals surface area contributed by atoms with Gasteiger partial charge in [-0.05, 0) is 63.0 Å². The molecule has 13 nitrogen and oxygen atoms in total. The summed E-state index contributed by atoms with van der Waals surface area (Å²) in [6, 6.07) is 24.7. The molecule has 13 heteroatoms. The molecule has 0 spiro atoms. The van der Waals surface area contributed by atoms with Crippen LogP contribution in [0, 0.1) is 6.92 Å². The van der Waals surface area contributed by atoms with Gasteiger partial charge in [-0.15, -0.1) is 0 Å². The highest BCUT2D eigenvalue weighted by atomic mass is 16.5. The maximum atomic E-state index is 13.4. The summed E-state index contributed by atoms with van der Waals surface area (Å²) in [6.45, 7) is 17.3. The molecule has 2 fully saturated rings. The fourth-order valence-corrected chi connectivity index (χ4v) is 6.46. The van der Waals surface area contributed by atoms with Gasteiger partial charge < -0.3 is 30.5 Å². The van der Waals surface area contributed by atoms with Crippen molar-refractivity contribution in [3.63, 3.8) is 0 Å². The lowest BCUT2D eigenvalue weighted by molar-refractivity contribution is -0.117. The zero-order valence-corrected chi connectivity index (χ0v) is 33.6. The second-order valence-corrected chi connectivity index (χ2v) is 15.7. The Hall–Kier alpha value is -5.34. The van der Waals surface area contributed by atoms with E-state index in [0.29, 0.717) is 29.6 Å². The van der Waals surface area contributed by atoms with E-state index >= 15 is 0 Å². The summed E-state index contributed by atoms with van der Waals surface area (Å²) in [5.74, 6) is 1.66. The minimum atomic E-state index is -0.383. The number of aromatic nitrogens is 3. The lowest BCUT2D eigenvalue weighted by atomic mass is 9.92. The number of rotatable bonds is 9. The third-order valence-corrected chi connectivity index (χ3v) is 9.92. The molecule has 0 unspecified atom stereocenters. The Morgan fingerprint density at radius 1 is 0.804 bits per heavy atom. The molecule has 3 aromatic carbocycles. The average Bonchev–Trinajstić information content (AvgIpc) is 3.61. The molecule has 3 amide bonds. The monoisotopic (exact) mass is 760 g/mol. The Labute approximate surface area is 330 Å². The molecule has 4 heterocycles. The van der Waals surface area contributed by atoms with Gasteiger partial charge in [-0.1, -0.05) is 62.7 Å². The first-order valence-corrected chi connectivity index (χ1v) is 19.4. The predicted molar refractivity (Wildman–Crippen MR) is 225 cm³/mol. The Bertz CT molecular complexity index is 2080. The normalized spacial score (nSPS) is 15.5. The van der Waals surface area contributed by atoms with Gasteiger partial charge in [0.05, 0.1) is 23.6 Å². The molecule has 2 aliphatic heterocycles. The van der Waals surface area contributed by atoms with Gasteiger partial charge in [0.25, 0.3) is 0 Å². The molecular formula is C43H56N10O3. The van der Waals surface area contributed by atoms with Crippen molar-refractivity contribution in [1.29, 1.82) is 0 Å². The summed E-state index contributed by atoms with van der Waals surface area (Å²) in [5.41, 5.74) is 4.18. The minimum Gasteiger partial charge on any atom is -0.488 e. The first kappa shape index (κ1) is 40.3. The summed E-state index contributed by atoms with van der Waals surface area (Å²) in [6.07, 6.45) is 1.67. The number of urea groups is 1. The summed E-state index contributed by atoms with van der Waals surface area (Å²) in [7, 11) is 4.25. The number of hydrogen-bond acceptors (Lipinski definition) is 9. The Balaban J connectivity index is 0.000000685. The average molecular weight is 761 g/mol. The van der Waals surface area contributed by atoms with Crippen molar-refractivity contribution in [2.45, 2.75) is 39.7 Å². The summed E-state index contributed by atoms with van der Waals surface area (Å²) < 4.78 is 8.03. The highest BCUT2D eigenvalue weighted by molar-refractivity contribution is 6.07. The number of aryl methyl sites for hydroxylation is 1. The number of carbonyl (C=O) groups is 2. The number of nitrogens with zero attached hydrogens (tertiary/aromatic N) is 6. The van der Waals surface area contributed by atoms with Crippen molar-refractivity contribution in [1.82, 2.24) is 34.8 Å². The molecule has 0 bridgehead atoms. The van der Waals surface area contributed by atoms with Crippen LogP contribution in [0.15, 0.2) is 85.1 Å². The van der Waals surface area contributed by atoms with Crippen LogP contribution < -0.4 is 26.0 Å². The maximum absolute atomic E-state index is 13.4. The van der Waals surface area contributed by atoms with Crippen molar-refractivity contribution in [2.24, 2.45) is 0 Å². The van der Waals surface area contributed by atoms with Crippen molar-refractivity contribution >= 4 is 40.0 Å². The quantitative estimate of drug-likeness (QED) is 0.144. The topological polar surface area (TPSA) is 132 Å². The molecule has 56 heavy (non-hydrogen) atoms. The van der Waals surface area contributed by atoms with E-state index in [-0.39, 0.29) is 24.0 Å². The number of amides is 3. The van der Waals surface area contributed by atoms with Crippen LogP contribution in [0.5, 0.6) is 5.75 Å². The van der Waals surface area contributed by atoms with Crippen LogP contribution in [0.1, 0.15) is 37.6 Å². The van der Waals surface area contributed by atoms with Gasteiger partial charge in [-0.2, -0.15) is 5.10 Å². The largest absolute Gasteiger partial charge is 0.488 e. The van der Waals surface area contributed by atoms with E-state index < -0.39 is 0 Å². The van der Waals surface area contributed by atoms with Crippen LogP contribution in [-0.4, -0.2) is 114 Å². The molecule has 296 valence electrons. The number of benzene rings is 3. The van der Waals surface area contributed by atoms with E-state index in [1.165, 1.54) is 13.1 Å². The number of piperazine rings is 2. The lowest BCUT2D eigenvalue weighted by Gasteiger charge is -2.31. The third kappa shape index (κ3) is 11.1. The first-order valence-electron chi connectivity index (χ1n) is 19.4. The standard InChI is InChI=1S/C38H44N8O3.C5H12N2/c1-26-10-12-28(13-11-26)46-35(23-33(43-46)38(2,3)4)42-37(48)40-31-14-15-32(30-9-7-6-8-29(30)31)49-25-27-16-17-39-34(22-27)41-36(47)24-45-20-18-44(5)19-21-45;1-7-4-2-6-3-5-7/h6-17,22-23H,18-21,24-25H2,1-5H3,(H,39,41,47)(H2,40,42,48);6H,2-5H2,1H3. The van der Waals surface area contributed by atoms with Crippen molar-refractivity contribution in [2.75, 3.05) is 88.9 Å². The van der Waals surface area contributed by atoms with Crippen LogP contribution in [0.25, 0.3) is 16.5 Å². The first-order chi connectivity index (χ1) is 26.9. The number of nitrogens with one attached hydrogen (secondary N) is 4.